The third kappa shape index (κ3) is 2.49. The molecule has 3 rings (SSSR count). The second-order valence-electron chi connectivity index (χ2n) is 4.69. The second-order valence-corrected chi connectivity index (χ2v) is 5.94. The molecule has 0 N–H and O–H groups in total. The third-order valence-corrected chi connectivity index (χ3v) is 4.03. The number of ether oxygens (including phenoxy) is 1. The van der Waals surface area contributed by atoms with Crippen LogP contribution in [0.15, 0.2) is 42.6 Å². The molecule has 20 heavy (non-hydrogen) atoms. The molecule has 0 atom stereocenters. The molecular weight excluding hydrogens is 367 g/mol. The molecule has 1 amide bonds. The number of methoxy groups -OCH3 is 1. The zero-order valence-corrected chi connectivity index (χ0v) is 13.2. The van der Waals surface area contributed by atoms with Crippen molar-refractivity contribution in [1.29, 1.82) is 0 Å². The average molecular weight is 381 g/mol. The van der Waals surface area contributed by atoms with Crippen molar-refractivity contribution >= 4 is 28.6 Å². The molecule has 2 aromatic rings. The van der Waals surface area contributed by atoms with Crippen molar-refractivity contribution in [3.05, 3.63) is 57.4 Å². The number of aromatic nitrogens is 1. The van der Waals surface area contributed by atoms with E-state index in [1.54, 1.807) is 11.7 Å². The maximum Gasteiger partial charge on any atom is 0.498 e. The number of fused-ring (bicyclic) bond motifs is 1. The zero-order chi connectivity index (χ0) is 14.1. The molecule has 4 nitrogen and oxygen atoms in total. The second kappa shape index (κ2) is 5.40. The fourth-order valence-electron chi connectivity index (χ4n) is 2.32. The molecule has 0 saturated carbocycles. The smallest absolute Gasteiger partial charge is 0.497 e. The summed E-state index contributed by atoms with van der Waals surface area (Å²) in [5, 5.41) is 0. The summed E-state index contributed by atoms with van der Waals surface area (Å²) < 4.78 is 8.00. The maximum atomic E-state index is 12.3. The Balaban J connectivity index is 1.78. The van der Waals surface area contributed by atoms with Crippen LogP contribution in [0.5, 0.6) is 5.75 Å². The first kappa shape index (κ1) is 13.4. The largest absolute Gasteiger partial charge is 0.498 e. The van der Waals surface area contributed by atoms with E-state index < -0.39 is 0 Å². The molecule has 0 unspecified atom stereocenters. The number of amides is 1. The van der Waals surface area contributed by atoms with Gasteiger partial charge in [0.25, 0.3) is 0 Å². The molecule has 1 aromatic carbocycles. The Kier molecular flexibility index (Phi) is 3.60. The monoisotopic (exact) mass is 381 g/mol. The Labute approximate surface area is 131 Å². The van der Waals surface area contributed by atoms with Crippen LogP contribution in [-0.2, 0) is 13.1 Å². The summed E-state index contributed by atoms with van der Waals surface area (Å²) >= 11 is 2.26. The van der Waals surface area contributed by atoms with E-state index in [1.165, 1.54) is 0 Å². The third-order valence-electron chi connectivity index (χ3n) is 3.36. The summed E-state index contributed by atoms with van der Waals surface area (Å²) in [6.07, 6.45) is 1.84. The highest BCUT2D eigenvalue weighted by atomic mass is 127. The van der Waals surface area contributed by atoms with Crippen LogP contribution in [0.2, 0.25) is 0 Å². The molecule has 102 valence electrons. The number of benzene rings is 1. The van der Waals surface area contributed by atoms with Gasteiger partial charge in [-0.25, -0.2) is 4.90 Å². The van der Waals surface area contributed by atoms with Crippen molar-refractivity contribution in [2.45, 2.75) is 13.1 Å². The number of hydrogen-bond donors (Lipinski definition) is 0. The van der Waals surface area contributed by atoms with Crippen molar-refractivity contribution in [2.75, 3.05) is 7.11 Å². The van der Waals surface area contributed by atoms with Crippen molar-refractivity contribution in [1.82, 2.24) is 4.90 Å². The van der Waals surface area contributed by atoms with Gasteiger partial charge in [0.1, 0.15) is 18.5 Å². The van der Waals surface area contributed by atoms with E-state index in [2.05, 4.69) is 22.6 Å². The summed E-state index contributed by atoms with van der Waals surface area (Å²) in [5.41, 5.74) is 2.14. The van der Waals surface area contributed by atoms with Crippen molar-refractivity contribution in [3.63, 3.8) is 0 Å². The Hall–Kier alpha value is -1.63. The van der Waals surface area contributed by atoms with E-state index in [1.807, 2.05) is 47.5 Å². The first-order valence-corrected chi connectivity index (χ1v) is 7.37. The minimum absolute atomic E-state index is 0.0345. The van der Waals surface area contributed by atoms with Crippen LogP contribution in [-0.4, -0.2) is 18.0 Å². The normalized spacial score (nSPS) is 13.5. The lowest BCUT2D eigenvalue weighted by atomic mass is 10.2. The maximum absolute atomic E-state index is 12.3. The fraction of sp³-hybridized carbons (Fsp3) is 0.200. The highest BCUT2D eigenvalue weighted by Gasteiger charge is 2.36. The van der Waals surface area contributed by atoms with E-state index in [0.29, 0.717) is 13.1 Å². The van der Waals surface area contributed by atoms with Crippen molar-refractivity contribution < 1.29 is 14.1 Å². The van der Waals surface area contributed by atoms with Crippen LogP contribution >= 0.6 is 22.6 Å². The van der Waals surface area contributed by atoms with Gasteiger partial charge in [-0.3, -0.25) is 0 Å². The predicted molar refractivity (Wildman–Crippen MR) is 82.4 cm³/mol. The summed E-state index contributed by atoms with van der Waals surface area (Å²) in [7, 11) is 1.65. The predicted octanol–water partition coefficient (Wildman–Crippen LogP) is 2.57. The van der Waals surface area contributed by atoms with Crippen LogP contribution in [0, 0.1) is 3.57 Å². The molecule has 0 bridgehead atoms. The van der Waals surface area contributed by atoms with Gasteiger partial charge < -0.3 is 4.74 Å². The van der Waals surface area contributed by atoms with E-state index in [-0.39, 0.29) is 6.03 Å². The lowest BCUT2D eigenvalue weighted by Gasteiger charge is -2.07. The number of rotatable bonds is 3. The Bertz CT molecular complexity index is 655. The number of carbonyl (C=O) groups is 1. The lowest BCUT2D eigenvalue weighted by molar-refractivity contribution is -0.572. The Morgan fingerprint density at radius 3 is 2.75 bits per heavy atom. The van der Waals surface area contributed by atoms with Gasteiger partial charge >= 0.3 is 6.03 Å². The lowest BCUT2D eigenvalue weighted by Crippen LogP contribution is -2.45. The van der Waals surface area contributed by atoms with E-state index in [0.717, 1.165) is 20.6 Å². The van der Waals surface area contributed by atoms with Gasteiger partial charge in [-0.1, -0.05) is 12.1 Å². The van der Waals surface area contributed by atoms with Crippen molar-refractivity contribution in [2.24, 2.45) is 0 Å². The van der Waals surface area contributed by atoms with Gasteiger partial charge in [-0.05, 0) is 52.4 Å². The molecule has 0 spiro atoms. The molecule has 1 aliphatic rings. The van der Waals surface area contributed by atoms with Crippen molar-refractivity contribution in [3.8, 4) is 5.75 Å². The van der Waals surface area contributed by atoms with E-state index in [4.69, 9.17) is 4.74 Å². The van der Waals surface area contributed by atoms with Gasteiger partial charge in [0.05, 0.1) is 7.11 Å². The van der Waals surface area contributed by atoms with Crippen LogP contribution in [0.1, 0.15) is 11.3 Å². The van der Waals surface area contributed by atoms with Crippen LogP contribution in [0.4, 0.5) is 4.79 Å². The first-order chi connectivity index (χ1) is 9.67. The number of pyridine rings is 1. The van der Waals surface area contributed by atoms with E-state index in [9.17, 15) is 4.79 Å². The molecule has 0 radical (unpaired) electrons. The SMILES string of the molecule is COc1ccc(CN2Cc3cc(I)cc[n+]3C2=O)cc1. The van der Waals surface area contributed by atoms with Crippen LogP contribution < -0.4 is 9.30 Å². The number of nitrogens with zero attached hydrogens (tertiary/aromatic N) is 2. The quantitative estimate of drug-likeness (QED) is 0.605. The minimum atomic E-state index is 0.0345. The van der Waals surface area contributed by atoms with Gasteiger partial charge in [0.2, 0.25) is 0 Å². The van der Waals surface area contributed by atoms with Gasteiger partial charge in [-0.15, -0.1) is 0 Å². The van der Waals surface area contributed by atoms with Gasteiger partial charge in [0.15, 0.2) is 12.2 Å². The summed E-state index contributed by atoms with van der Waals surface area (Å²) in [5.74, 6) is 0.828. The summed E-state index contributed by atoms with van der Waals surface area (Å²) in [4.78, 5) is 14.1. The Morgan fingerprint density at radius 1 is 1.30 bits per heavy atom. The summed E-state index contributed by atoms with van der Waals surface area (Å²) in [6, 6.07) is 11.8. The van der Waals surface area contributed by atoms with Gasteiger partial charge in [0, 0.05) is 3.57 Å². The number of carbonyl (C=O) groups excluding carboxylic acids is 1. The molecule has 5 heteroatoms. The highest BCUT2D eigenvalue weighted by Crippen LogP contribution is 2.17. The van der Waals surface area contributed by atoms with Crippen LogP contribution in [0.3, 0.4) is 0 Å². The standard InChI is InChI=1S/C15H14IN2O2/c1-20-14-4-2-11(3-5-14)9-17-10-13-8-12(16)6-7-18(13)15(17)19/h2-8H,9-10H2,1H3/q+1. The van der Waals surface area contributed by atoms with Gasteiger partial charge in [-0.2, -0.15) is 9.36 Å². The first-order valence-electron chi connectivity index (χ1n) is 6.29. The fourth-order valence-corrected chi connectivity index (χ4v) is 2.84. The molecule has 0 saturated heterocycles. The highest BCUT2D eigenvalue weighted by molar-refractivity contribution is 14.1. The topological polar surface area (TPSA) is 33.4 Å². The van der Waals surface area contributed by atoms with E-state index >= 15 is 0 Å². The molecule has 1 aromatic heterocycles. The number of halogens is 1. The average Bonchev–Trinajstić information content (AvgIpc) is 2.75. The molecule has 0 fully saturated rings. The zero-order valence-electron chi connectivity index (χ0n) is 11.0. The molecule has 1 aliphatic heterocycles. The number of hydrogen-bond acceptors (Lipinski definition) is 2. The van der Waals surface area contributed by atoms with Crippen LogP contribution in [0.25, 0.3) is 0 Å². The summed E-state index contributed by atoms with van der Waals surface area (Å²) in [6.45, 7) is 1.27. The molecular formula is C15H14IN2O2+. The Morgan fingerprint density at radius 2 is 2.05 bits per heavy atom. The molecule has 0 aliphatic carbocycles. The minimum Gasteiger partial charge on any atom is -0.497 e. The molecule has 2 heterocycles.